The minimum Gasteiger partial charge on any atom is -0.542 e. The molecule has 2 heteroatoms. The first kappa shape index (κ1) is 15.7. The molecule has 0 amide bonds. The summed E-state index contributed by atoms with van der Waals surface area (Å²) in [5.74, 6) is 0. The van der Waals surface area contributed by atoms with Gasteiger partial charge in [0.15, 0.2) is 0 Å². The molecule has 0 rings (SSSR count). The predicted molar refractivity (Wildman–Crippen MR) is 27.0 cm³/mol. The molecule has 0 N–H and O–H groups in total. The molecule has 0 saturated carbocycles. The Morgan fingerprint density at radius 2 is 1.71 bits per heavy atom. The van der Waals surface area contributed by atoms with Crippen LogP contribution in [0.4, 0.5) is 0 Å². The monoisotopic (exact) mass is 137 g/mol. The van der Waals surface area contributed by atoms with Gasteiger partial charge in [0.05, 0.1) is 0 Å². The van der Waals surface area contributed by atoms with Crippen LogP contribution in [0.15, 0.2) is 0 Å². The molecule has 0 aliphatic rings. The third kappa shape index (κ3) is 71.9. The molecule has 0 saturated heterocycles. The van der Waals surface area contributed by atoms with Crippen LogP contribution in [0, 0.1) is 6.92 Å². The standard InChI is InChI=1S/C3H5O.C2H5.V/c1-2-3-4;1-2;/h2H2,1H3;1H2,2H3;/q2*-1;+2. The van der Waals surface area contributed by atoms with Crippen LogP contribution in [0.2, 0.25) is 0 Å². The molecule has 1 radical (unpaired) electrons. The second-order valence-corrected chi connectivity index (χ2v) is 0.498. The van der Waals surface area contributed by atoms with E-state index in [1.807, 2.05) is 0 Å². The van der Waals surface area contributed by atoms with Crippen molar-refractivity contribution in [2.45, 2.75) is 20.3 Å². The Kier molecular flexibility index (Phi) is 76.1. The van der Waals surface area contributed by atoms with Crippen molar-refractivity contribution in [1.82, 2.24) is 0 Å². The molecule has 0 spiro atoms. The fraction of sp³-hybridized carbons (Fsp3) is 0.600. The van der Waals surface area contributed by atoms with Crippen LogP contribution in [0.1, 0.15) is 20.3 Å². The van der Waals surface area contributed by atoms with Crippen LogP contribution in [0.5, 0.6) is 0 Å². The second kappa shape index (κ2) is 34.0. The Labute approximate surface area is 57.4 Å². The Morgan fingerprint density at radius 1 is 1.57 bits per heavy atom. The number of carbonyl (C=O) groups excluding carboxylic acids is 1. The van der Waals surface area contributed by atoms with Crippen molar-refractivity contribution in [3.63, 3.8) is 0 Å². The molecular weight excluding hydrogens is 127 g/mol. The van der Waals surface area contributed by atoms with Crippen LogP contribution < -0.4 is 0 Å². The molecule has 1 nitrogen and oxygen atoms in total. The molecule has 0 unspecified atom stereocenters. The fourth-order valence-electron chi connectivity index (χ4n) is 0. The molecule has 0 bridgehead atoms. The summed E-state index contributed by atoms with van der Waals surface area (Å²) in [7, 11) is 0. The van der Waals surface area contributed by atoms with Crippen molar-refractivity contribution in [1.29, 1.82) is 0 Å². The number of hydrogen-bond donors (Lipinski definition) is 0. The molecule has 0 aromatic rings. The van der Waals surface area contributed by atoms with E-state index in [1.54, 1.807) is 20.1 Å². The summed E-state index contributed by atoms with van der Waals surface area (Å²) in [6.07, 6.45) is 2.19. The predicted octanol–water partition coefficient (Wildman–Crippen LogP) is 1.34. The van der Waals surface area contributed by atoms with Gasteiger partial charge in [-0.15, -0.1) is 0 Å². The quantitative estimate of drug-likeness (QED) is 0.498. The van der Waals surface area contributed by atoms with Gasteiger partial charge in [-0.2, -0.15) is 13.3 Å². The first-order valence-electron chi connectivity index (χ1n) is 1.97. The molecule has 0 atom stereocenters. The molecular formula is C5H10OV. The molecule has 7 heavy (non-hydrogen) atoms. The maximum atomic E-state index is 9.05. The van der Waals surface area contributed by atoms with Crippen molar-refractivity contribution in [2.24, 2.45) is 0 Å². The minimum absolute atomic E-state index is 0. The van der Waals surface area contributed by atoms with E-state index in [4.69, 9.17) is 4.79 Å². The molecule has 0 aromatic heterocycles. The molecule has 0 aliphatic heterocycles. The van der Waals surface area contributed by atoms with Gasteiger partial charge in [-0.05, 0) is 0 Å². The van der Waals surface area contributed by atoms with E-state index >= 15 is 0 Å². The largest absolute Gasteiger partial charge is 2.00 e. The third-order valence-electron chi connectivity index (χ3n) is 0.144. The summed E-state index contributed by atoms with van der Waals surface area (Å²) >= 11 is 0. The average molecular weight is 137 g/mol. The van der Waals surface area contributed by atoms with E-state index < -0.39 is 0 Å². The topological polar surface area (TPSA) is 17.1 Å². The van der Waals surface area contributed by atoms with Gasteiger partial charge in [0, 0.05) is 0 Å². The van der Waals surface area contributed by atoms with Crippen LogP contribution >= 0.6 is 0 Å². The molecule has 0 heterocycles. The Balaban J connectivity index is -0.0000000480. The summed E-state index contributed by atoms with van der Waals surface area (Å²) in [4.78, 5) is 9.05. The van der Waals surface area contributed by atoms with E-state index in [9.17, 15) is 0 Å². The van der Waals surface area contributed by atoms with E-state index in [0.29, 0.717) is 6.42 Å². The molecule has 0 aliphatic carbocycles. The number of hydrogen-bond acceptors (Lipinski definition) is 1. The minimum atomic E-state index is 0. The Morgan fingerprint density at radius 3 is 1.71 bits per heavy atom. The first-order chi connectivity index (χ1) is 2.91. The fourth-order valence-corrected chi connectivity index (χ4v) is 0. The summed E-state index contributed by atoms with van der Waals surface area (Å²) < 4.78 is 0. The maximum absolute atomic E-state index is 9.05. The average Bonchev–Trinajstić information content (AvgIpc) is 1.72. The van der Waals surface area contributed by atoms with Crippen LogP contribution in [0.3, 0.4) is 0 Å². The SMILES string of the molecule is CC[C-]=O.[CH2-]C.[V+2]. The van der Waals surface area contributed by atoms with Gasteiger partial charge in [-0.3, -0.25) is 6.29 Å². The van der Waals surface area contributed by atoms with E-state index in [2.05, 4.69) is 6.92 Å². The Hall–Kier alpha value is 0.254. The van der Waals surface area contributed by atoms with Gasteiger partial charge in [0.2, 0.25) is 0 Å². The van der Waals surface area contributed by atoms with Gasteiger partial charge in [-0.25, -0.2) is 0 Å². The summed E-state index contributed by atoms with van der Waals surface area (Å²) in [5.41, 5.74) is 0. The molecule has 0 fully saturated rings. The van der Waals surface area contributed by atoms with Crippen molar-refractivity contribution < 1.29 is 23.4 Å². The van der Waals surface area contributed by atoms with Crippen molar-refractivity contribution in [3.05, 3.63) is 6.92 Å². The van der Waals surface area contributed by atoms with E-state index in [1.165, 1.54) is 0 Å². The van der Waals surface area contributed by atoms with E-state index in [-0.39, 0.29) is 18.6 Å². The molecule has 41 valence electrons. The van der Waals surface area contributed by atoms with Gasteiger partial charge < -0.3 is 11.7 Å². The first-order valence-corrected chi connectivity index (χ1v) is 1.97. The van der Waals surface area contributed by atoms with Crippen LogP contribution in [0.25, 0.3) is 0 Å². The number of rotatable bonds is 1. The summed E-state index contributed by atoms with van der Waals surface area (Å²) in [6, 6.07) is 0. The zero-order valence-corrected chi connectivity index (χ0v) is 6.17. The zero-order chi connectivity index (χ0) is 5.41. The van der Waals surface area contributed by atoms with E-state index in [0.717, 1.165) is 0 Å². The second-order valence-electron chi connectivity index (χ2n) is 0.498. The van der Waals surface area contributed by atoms with Crippen molar-refractivity contribution in [2.75, 3.05) is 0 Å². The third-order valence-corrected chi connectivity index (χ3v) is 0.144. The van der Waals surface area contributed by atoms with Crippen LogP contribution in [-0.4, -0.2) is 6.29 Å². The zero-order valence-electron chi connectivity index (χ0n) is 4.77. The Bertz CT molecular complexity index is 22.0. The van der Waals surface area contributed by atoms with Crippen molar-refractivity contribution in [3.8, 4) is 0 Å². The van der Waals surface area contributed by atoms with Crippen LogP contribution in [-0.2, 0) is 23.4 Å². The van der Waals surface area contributed by atoms with Crippen molar-refractivity contribution >= 4 is 6.29 Å². The normalized spacial score (nSPS) is 4.43. The molecule has 0 aromatic carbocycles. The summed E-state index contributed by atoms with van der Waals surface area (Å²) in [6.45, 7) is 6.76. The van der Waals surface area contributed by atoms with Gasteiger partial charge in [0.25, 0.3) is 0 Å². The maximum Gasteiger partial charge on any atom is 2.00 e. The van der Waals surface area contributed by atoms with Gasteiger partial charge in [-0.1, -0.05) is 6.92 Å². The van der Waals surface area contributed by atoms with Gasteiger partial charge in [0.1, 0.15) is 0 Å². The summed E-state index contributed by atoms with van der Waals surface area (Å²) in [5, 5.41) is 0. The smallest absolute Gasteiger partial charge is 0.542 e. The van der Waals surface area contributed by atoms with Gasteiger partial charge >= 0.3 is 18.6 Å².